The molecule has 0 unspecified atom stereocenters. The molecule has 0 radical (unpaired) electrons. The van der Waals surface area contributed by atoms with Crippen LogP contribution in [0.15, 0.2) is 24.3 Å². The fourth-order valence-electron chi connectivity index (χ4n) is 3.68. The number of hydrogen-bond donors (Lipinski definition) is 1. The summed E-state index contributed by atoms with van der Waals surface area (Å²) in [5.41, 5.74) is 11.1. The summed E-state index contributed by atoms with van der Waals surface area (Å²) in [6.45, 7) is 5.39. The van der Waals surface area contributed by atoms with Gasteiger partial charge in [0.1, 0.15) is 0 Å². The fourth-order valence-corrected chi connectivity index (χ4v) is 3.68. The quantitative estimate of drug-likeness (QED) is 0.778. The van der Waals surface area contributed by atoms with Gasteiger partial charge in [-0.05, 0) is 43.4 Å². The highest BCUT2D eigenvalue weighted by Gasteiger charge is 2.21. The van der Waals surface area contributed by atoms with Crippen LogP contribution in [0.4, 0.5) is 5.95 Å². The van der Waals surface area contributed by atoms with Crippen LogP contribution in [0.2, 0.25) is 0 Å². The van der Waals surface area contributed by atoms with Crippen molar-refractivity contribution in [2.75, 3.05) is 12.3 Å². The Hall–Kier alpha value is -2.96. The van der Waals surface area contributed by atoms with Crippen LogP contribution in [0.3, 0.4) is 0 Å². The smallest absolute Gasteiger partial charge is 0.254 e. The average molecular weight is 350 g/mol. The molecule has 2 N–H and O–H groups in total. The number of rotatable bonds is 3. The van der Waals surface area contributed by atoms with Gasteiger partial charge in [-0.2, -0.15) is 9.50 Å². The maximum absolute atomic E-state index is 12.7. The lowest BCUT2D eigenvalue weighted by Gasteiger charge is -2.29. The summed E-state index contributed by atoms with van der Waals surface area (Å²) in [6, 6.07) is 8.34. The maximum atomic E-state index is 12.7. The number of nitrogens with zero attached hydrogens (tertiary/aromatic N) is 5. The fraction of sp³-hybridized carbons (Fsp3) is 0.368. The van der Waals surface area contributed by atoms with Gasteiger partial charge < -0.3 is 10.6 Å². The first-order valence-electron chi connectivity index (χ1n) is 8.86. The molecule has 1 aliphatic heterocycles. The van der Waals surface area contributed by atoms with Gasteiger partial charge >= 0.3 is 0 Å². The van der Waals surface area contributed by atoms with Gasteiger partial charge in [0.05, 0.1) is 0 Å². The molecule has 3 heterocycles. The summed E-state index contributed by atoms with van der Waals surface area (Å²) >= 11 is 0. The molecule has 134 valence electrons. The summed E-state index contributed by atoms with van der Waals surface area (Å²) in [5, 5.41) is 4.18. The van der Waals surface area contributed by atoms with Crippen molar-refractivity contribution in [3.8, 4) is 0 Å². The molecule has 26 heavy (non-hydrogen) atoms. The van der Waals surface area contributed by atoms with Crippen LogP contribution >= 0.6 is 0 Å². The molecular weight excluding hydrogens is 328 g/mol. The van der Waals surface area contributed by atoms with E-state index in [1.165, 1.54) is 11.1 Å². The SMILES string of the molecule is Cc1nc2nc(N)nn2c(C)c1CCC(=O)N1CCc2ccccc2C1. The predicted molar refractivity (Wildman–Crippen MR) is 98.6 cm³/mol. The lowest BCUT2D eigenvalue weighted by atomic mass is 9.99. The van der Waals surface area contributed by atoms with Crippen LogP contribution in [0.5, 0.6) is 0 Å². The summed E-state index contributed by atoms with van der Waals surface area (Å²) < 4.78 is 1.65. The van der Waals surface area contributed by atoms with Gasteiger partial charge in [-0.1, -0.05) is 24.3 Å². The molecule has 7 heteroatoms. The maximum Gasteiger partial charge on any atom is 0.254 e. The van der Waals surface area contributed by atoms with E-state index in [1.54, 1.807) is 4.52 Å². The minimum absolute atomic E-state index is 0.177. The van der Waals surface area contributed by atoms with Crippen molar-refractivity contribution in [3.63, 3.8) is 0 Å². The molecule has 0 atom stereocenters. The van der Waals surface area contributed by atoms with E-state index in [0.29, 0.717) is 25.2 Å². The zero-order valence-electron chi connectivity index (χ0n) is 15.1. The highest BCUT2D eigenvalue weighted by Crippen LogP contribution is 2.21. The van der Waals surface area contributed by atoms with Gasteiger partial charge in [0.25, 0.3) is 5.78 Å². The molecular formula is C19H22N6O. The first-order valence-corrected chi connectivity index (χ1v) is 8.86. The van der Waals surface area contributed by atoms with Crippen molar-refractivity contribution < 1.29 is 4.79 Å². The summed E-state index contributed by atoms with van der Waals surface area (Å²) in [7, 11) is 0. The van der Waals surface area contributed by atoms with Crippen LogP contribution in [-0.4, -0.2) is 36.9 Å². The van der Waals surface area contributed by atoms with Crippen LogP contribution in [-0.2, 0) is 24.2 Å². The van der Waals surface area contributed by atoms with E-state index in [1.807, 2.05) is 24.8 Å². The van der Waals surface area contributed by atoms with E-state index >= 15 is 0 Å². The van der Waals surface area contributed by atoms with Crippen molar-refractivity contribution in [3.05, 3.63) is 52.3 Å². The number of hydrogen-bond acceptors (Lipinski definition) is 5. The Kier molecular flexibility index (Phi) is 4.06. The molecule has 1 aliphatic rings. The Morgan fingerprint density at radius 2 is 1.96 bits per heavy atom. The largest absolute Gasteiger partial charge is 0.366 e. The van der Waals surface area contributed by atoms with E-state index in [9.17, 15) is 4.79 Å². The second-order valence-electron chi connectivity index (χ2n) is 6.78. The summed E-state index contributed by atoms with van der Waals surface area (Å²) in [6.07, 6.45) is 2.02. The third-order valence-electron chi connectivity index (χ3n) is 5.14. The van der Waals surface area contributed by atoms with Crippen molar-refractivity contribution in [2.24, 2.45) is 0 Å². The molecule has 4 rings (SSSR count). The summed E-state index contributed by atoms with van der Waals surface area (Å²) in [5.74, 6) is 0.886. The van der Waals surface area contributed by atoms with Gasteiger partial charge in [-0.25, -0.2) is 4.98 Å². The number of anilines is 1. The van der Waals surface area contributed by atoms with Gasteiger partial charge in [0.2, 0.25) is 11.9 Å². The van der Waals surface area contributed by atoms with Crippen LogP contribution in [0.1, 0.15) is 34.5 Å². The lowest BCUT2D eigenvalue weighted by molar-refractivity contribution is -0.132. The van der Waals surface area contributed by atoms with Crippen molar-refractivity contribution in [2.45, 2.75) is 39.7 Å². The number of fused-ring (bicyclic) bond motifs is 2. The van der Waals surface area contributed by atoms with E-state index in [2.05, 4.69) is 33.3 Å². The lowest BCUT2D eigenvalue weighted by Crippen LogP contribution is -2.36. The van der Waals surface area contributed by atoms with Crippen LogP contribution in [0, 0.1) is 13.8 Å². The number of nitrogen functional groups attached to an aromatic ring is 1. The van der Waals surface area contributed by atoms with E-state index in [-0.39, 0.29) is 11.9 Å². The summed E-state index contributed by atoms with van der Waals surface area (Å²) in [4.78, 5) is 23.2. The molecule has 0 aliphatic carbocycles. The Morgan fingerprint density at radius 3 is 2.77 bits per heavy atom. The zero-order valence-corrected chi connectivity index (χ0v) is 15.1. The molecule has 0 saturated carbocycles. The number of aromatic nitrogens is 4. The highest BCUT2D eigenvalue weighted by molar-refractivity contribution is 5.77. The first-order chi connectivity index (χ1) is 12.5. The first kappa shape index (κ1) is 16.5. The average Bonchev–Trinajstić information content (AvgIpc) is 3.01. The molecule has 0 spiro atoms. The van der Waals surface area contributed by atoms with Gasteiger partial charge in [0.15, 0.2) is 0 Å². The number of carbonyl (C=O) groups is 1. The number of benzene rings is 1. The topological polar surface area (TPSA) is 89.4 Å². The highest BCUT2D eigenvalue weighted by atomic mass is 16.2. The van der Waals surface area contributed by atoms with Gasteiger partial charge in [-0.15, -0.1) is 5.10 Å². The molecule has 0 bridgehead atoms. The van der Waals surface area contributed by atoms with Crippen molar-refractivity contribution >= 4 is 17.6 Å². The second-order valence-corrected chi connectivity index (χ2v) is 6.78. The number of amides is 1. The van der Waals surface area contributed by atoms with Crippen molar-refractivity contribution in [1.82, 2.24) is 24.5 Å². The number of nitrogens with two attached hydrogens (primary N) is 1. The Balaban J connectivity index is 1.49. The molecule has 0 saturated heterocycles. The molecule has 1 amide bonds. The minimum Gasteiger partial charge on any atom is -0.366 e. The molecule has 7 nitrogen and oxygen atoms in total. The molecule has 1 aromatic carbocycles. The zero-order chi connectivity index (χ0) is 18.3. The monoisotopic (exact) mass is 350 g/mol. The van der Waals surface area contributed by atoms with Gasteiger partial charge in [0, 0.05) is 30.9 Å². The number of carbonyl (C=O) groups excluding carboxylic acids is 1. The third-order valence-corrected chi connectivity index (χ3v) is 5.14. The van der Waals surface area contributed by atoms with Crippen LogP contribution in [0.25, 0.3) is 5.78 Å². The van der Waals surface area contributed by atoms with Crippen molar-refractivity contribution in [1.29, 1.82) is 0 Å². The molecule has 2 aromatic heterocycles. The van der Waals surface area contributed by atoms with Gasteiger partial charge in [-0.3, -0.25) is 4.79 Å². The second kappa shape index (κ2) is 6.40. The Bertz CT molecular complexity index is 993. The van der Waals surface area contributed by atoms with E-state index < -0.39 is 0 Å². The molecule has 0 fully saturated rings. The minimum atomic E-state index is 0.177. The standard InChI is InChI=1S/C19H22N6O/c1-12-16(13(2)25-19(21-12)22-18(20)23-25)7-8-17(26)24-10-9-14-5-3-4-6-15(14)11-24/h3-6H,7-11H2,1-2H3,(H2,20,23). The molecule has 3 aromatic rings. The number of aryl methyl sites for hydroxylation is 2. The van der Waals surface area contributed by atoms with E-state index in [4.69, 9.17) is 5.73 Å². The predicted octanol–water partition coefficient (Wildman–Crippen LogP) is 1.84. The third kappa shape index (κ3) is 2.89. The normalized spacial score (nSPS) is 13.8. The van der Waals surface area contributed by atoms with E-state index in [0.717, 1.165) is 29.9 Å². The Morgan fingerprint density at radius 1 is 1.19 bits per heavy atom. The van der Waals surface area contributed by atoms with Crippen LogP contribution < -0.4 is 5.73 Å². The Labute approximate surface area is 151 Å².